The molecule has 3 rings (SSSR count). The van der Waals surface area contributed by atoms with Crippen molar-refractivity contribution in [3.63, 3.8) is 0 Å². The second kappa shape index (κ2) is 8.22. The highest BCUT2D eigenvalue weighted by Crippen LogP contribution is 2.38. The summed E-state index contributed by atoms with van der Waals surface area (Å²) < 4.78 is 40.0. The number of para-hydroxylation sites is 1. The highest BCUT2D eigenvalue weighted by molar-refractivity contribution is 5.94. The van der Waals surface area contributed by atoms with E-state index in [1.54, 1.807) is 24.3 Å². The minimum absolute atomic E-state index is 0.0597. The topological polar surface area (TPSA) is 77.0 Å². The Hall–Kier alpha value is -2.87. The molecule has 0 aromatic heterocycles. The molecule has 0 spiro atoms. The molecule has 2 N–H and O–H groups in total. The normalized spacial score (nSPS) is 15.7. The number of alkyl halides is 2. The Kier molecular flexibility index (Phi) is 5.75. The van der Waals surface area contributed by atoms with Crippen LogP contribution in [0.2, 0.25) is 0 Å². The maximum Gasteiger partial charge on any atom is 0.387 e. The van der Waals surface area contributed by atoms with Crippen molar-refractivity contribution in [3.8, 4) is 17.2 Å². The smallest absolute Gasteiger partial charge is 0.387 e. The molecule has 1 amide bonds. The zero-order valence-electron chi connectivity index (χ0n) is 14.6. The van der Waals surface area contributed by atoms with E-state index in [2.05, 4.69) is 10.1 Å². The summed E-state index contributed by atoms with van der Waals surface area (Å²) in [4.78, 5) is 12.4. The van der Waals surface area contributed by atoms with Gasteiger partial charge in [0.25, 0.3) is 0 Å². The van der Waals surface area contributed by atoms with Gasteiger partial charge in [-0.2, -0.15) is 8.78 Å². The van der Waals surface area contributed by atoms with E-state index in [1.165, 1.54) is 19.2 Å². The number of hydrogen-bond donors (Lipinski definition) is 2. The number of benzene rings is 2. The van der Waals surface area contributed by atoms with E-state index >= 15 is 0 Å². The fraction of sp³-hybridized carbons (Fsp3) is 0.316. The summed E-state index contributed by atoms with van der Waals surface area (Å²) in [7, 11) is 1.34. The Morgan fingerprint density at radius 1 is 1.33 bits per heavy atom. The molecule has 8 heteroatoms. The van der Waals surface area contributed by atoms with Crippen LogP contribution in [0.25, 0.3) is 0 Å². The second-order valence-corrected chi connectivity index (χ2v) is 5.97. The number of halogens is 2. The van der Waals surface area contributed by atoms with Gasteiger partial charge in [0, 0.05) is 12.0 Å². The van der Waals surface area contributed by atoms with Crippen molar-refractivity contribution in [2.75, 3.05) is 19.0 Å². The molecule has 1 heterocycles. The molecular formula is C19H19F2NO5. The van der Waals surface area contributed by atoms with Crippen molar-refractivity contribution in [3.05, 3.63) is 47.5 Å². The van der Waals surface area contributed by atoms with Crippen LogP contribution in [0.1, 0.15) is 23.7 Å². The molecule has 2 aromatic rings. The van der Waals surface area contributed by atoms with Crippen LogP contribution in [0.4, 0.5) is 14.5 Å². The van der Waals surface area contributed by atoms with Crippen molar-refractivity contribution in [1.82, 2.24) is 0 Å². The van der Waals surface area contributed by atoms with E-state index in [0.717, 1.165) is 0 Å². The molecule has 1 aliphatic rings. The lowest BCUT2D eigenvalue weighted by Crippen LogP contribution is -2.19. The molecule has 1 unspecified atom stereocenters. The number of methoxy groups -OCH3 is 1. The summed E-state index contributed by atoms with van der Waals surface area (Å²) in [6.45, 7) is -2.64. The van der Waals surface area contributed by atoms with E-state index < -0.39 is 12.7 Å². The van der Waals surface area contributed by atoms with Gasteiger partial charge in [-0.05, 0) is 23.8 Å². The van der Waals surface area contributed by atoms with Gasteiger partial charge in [0.2, 0.25) is 5.91 Å². The van der Waals surface area contributed by atoms with E-state index in [0.29, 0.717) is 35.6 Å². The molecule has 1 aliphatic heterocycles. The van der Waals surface area contributed by atoms with Gasteiger partial charge in [0.15, 0.2) is 11.5 Å². The van der Waals surface area contributed by atoms with Crippen LogP contribution in [-0.4, -0.2) is 31.3 Å². The highest BCUT2D eigenvalue weighted by Gasteiger charge is 2.22. The third-order valence-corrected chi connectivity index (χ3v) is 4.13. The predicted molar refractivity (Wildman–Crippen MR) is 93.5 cm³/mol. The first kappa shape index (κ1) is 18.9. The molecule has 2 aromatic carbocycles. The molecule has 144 valence electrons. The fourth-order valence-corrected chi connectivity index (χ4v) is 2.90. The summed E-state index contributed by atoms with van der Waals surface area (Å²) in [5.41, 5.74) is 1.56. The number of aliphatic hydroxyl groups excluding tert-OH is 1. The summed E-state index contributed by atoms with van der Waals surface area (Å²) in [5, 5.41) is 12.8. The molecule has 0 bridgehead atoms. The Labute approximate surface area is 154 Å². The van der Waals surface area contributed by atoms with Crippen molar-refractivity contribution in [1.29, 1.82) is 0 Å². The van der Waals surface area contributed by atoms with Gasteiger partial charge in [-0.25, -0.2) is 0 Å². The van der Waals surface area contributed by atoms with E-state index in [9.17, 15) is 18.7 Å². The highest BCUT2D eigenvalue weighted by atomic mass is 19.3. The van der Waals surface area contributed by atoms with Gasteiger partial charge in [0.05, 0.1) is 31.9 Å². The summed E-state index contributed by atoms with van der Waals surface area (Å²) in [6, 6.07) is 9.53. The number of nitrogens with one attached hydrogen (secondary N) is 1. The SMILES string of the molecule is COc1ccc(CC(=O)Nc2cccc3c2OCCC3O)cc1OC(F)F. The van der Waals surface area contributed by atoms with Crippen LogP contribution >= 0.6 is 0 Å². The van der Waals surface area contributed by atoms with Gasteiger partial charge in [-0.1, -0.05) is 18.2 Å². The van der Waals surface area contributed by atoms with Gasteiger partial charge in [0.1, 0.15) is 5.75 Å². The van der Waals surface area contributed by atoms with Crippen LogP contribution in [-0.2, 0) is 11.2 Å². The lowest BCUT2D eigenvalue weighted by molar-refractivity contribution is -0.115. The van der Waals surface area contributed by atoms with Crippen LogP contribution in [0.5, 0.6) is 17.2 Å². The third-order valence-electron chi connectivity index (χ3n) is 4.13. The van der Waals surface area contributed by atoms with Crippen LogP contribution in [0.15, 0.2) is 36.4 Å². The van der Waals surface area contributed by atoms with Crippen LogP contribution in [0.3, 0.4) is 0 Å². The summed E-state index contributed by atoms with van der Waals surface area (Å²) in [6.07, 6.45) is -0.208. The van der Waals surface area contributed by atoms with Crippen molar-refractivity contribution < 1.29 is 32.9 Å². The number of aliphatic hydroxyl groups is 1. The number of carbonyl (C=O) groups excluding carboxylic acids is 1. The predicted octanol–water partition coefficient (Wildman–Crippen LogP) is 3.29. The van der Waals surface area contributed by atoms with Crippen LogP contribution in [0, 0.1) is 0 Å². The Morgan fingerprint density at radius 3 is 2.89 bits per heavy atom. The number of fused-ring (bicyclic) bond motifs is 1. The number of rotatable bonds is 6. The minimum Gasteiger partial charge on any atom is -0.493 e. The van der Waals surface area contributed by atoms with Crippen molar-refractivity contribution in [2.45, 2.75) is 25.6 Å². The molecule has 0 aliphatic carbocycles. The number of amides is 1. The van der Waals surface area contributed by atoms with Crippen LogP contribution < -0.4 is 19.5 Å². The van der Waals surface area contributed by atoms with Crippen molar-refractivity contribution in [2.24, 2.45) is 0 Å². The number of carbonyl (C=O) groups is 1. The Morgan fingerprint density at radius 2 is 2.15 bits per heavy atom. The van der Waals surface area contributed by atoms with Gasteiger partial charge in [-0.15, -0.1) is 0 Å². The molecule has 0 saturated carbocycles. The van der Waals surface area contributed by atoms with Gasteiger partial charge < -0.3 is 24.6 Å². The van der Waals surface area contributed by atoms with E-state index in [1.807, 2.05) is 0 Å². The lowest BCUT2D eigenvalue weighted by Gasteiger charge is -2.24. The zero-order valence-corrected chi connectivity index (χ0v) is 14.6. The lowest BCUT2D eigenvalue weighted by atomic mass is 10.0. The summed E-state index contributed by atoms with van der Waals surface area (Å²) in [5.74, 6) is 0.0987. The maximum atomic E-state index is 12.5. The molecule has 6 nitrogen and oxygen atoms in total. The average Bonchev–Trinajstić information content (AvgIpc) is 2.62. The molecule has 0 saturated heterocycles. The quantitative estimate of drug-likeness (QED) is 0.805. The molecule has 0 radical (unpaired) electrons. The van der Waals surface area contributed by atoms with E-state index in [-0.39, 0.29) is 23.8 Å². The average molecular weight is 379 g/mol. The number of hydrogen-bond acceptors (Lipinski definition) is 5. The van der Waals surface area contributed by atoms with Gasteiger partial charge >= 0.3 is 6.61 Å². The van der Waals surface area contributed by atoms with E-state index in [4.69, 9.17) is 9.47 Å². The first-order valence-corrected chi connectivity index (χ1v) is 8.33. The van der Waals surface area contributed by atoms with Gasteiger partial charge in [-0.3, -0.25) is 4.79 Å². The molecule has 27 heavy (non-hydrogen) atoms. The molecule has 0 fully saturated rings. The van der Waals surface area contributed by atoms with Crippen molar-refractivity contribution >= 4 is 11.6 Å². The Balaban J connectivity index is 1.74. The fourth-order valence-electron chi connectivity index (χ4n) is 2.90. The monoisotopic (exact) mass is 379 g/mol. The third kappa shape index (κ3) is 4.46. The Bertz CT molecular complexity index is 828. The number of anilines is 1. The first-order chi connectivity index (χ1) is 13.0. The molecular weight excluding hydrogens is 360 g/mol. The summed E-state index contributed by atoms with van der Waals surface area (Å²) >= 11 is 0. The maximum absolute atomic E-state index is 12.5. The number of ether oxygens (including phenoxy) is 3. The standard InChI is InChI=1S/C19H19F2NO5/c1-25-15-6-5-11(9-16(15)27-19(20)21)10-17(24)22-13-4-2-3-12-14(23)7-8-26-18(12)13/h2-6,9,14,19,23H,7-8,10H2,1H3,(H,22,24). The second-order valence-electron chi connectivity index (χ2n) is 5.97. The first-order valence-electron chi connectivity index (χ1n) is 8.33. The largest absolute Gasteiger partial charge is 0.493 e. The molecule has 1 atom stereocenters. The minimum atomic E-state index is -3.00. The zero-order chi connectivity index (χ0) is 19.4.